The van der Waals surface area contributed by atoms with Crippen LogP contribution in [0.25, 0.3) is 0 Å². The van der Waals surface area contributed by atoms with Crippen molar-refractivity contribution in [1.82, 2.24) is 9.80 Å². The van der Waals surface area contributed by atoms with Crippen LogP contribution in [0.15, 0.2) is 11.6 Å². The van der Waals surface area contributed by atoms with Crippen LogP contribution in [0.1, 0.15) is 40.5 Å². The average Bonchev–Trinajstić information content (AvgIpc) is 2.74. The molecular formula is C25H43N2O5. The zero-order chi connectivity index (χ0) is 23.3. The number of piperazine rings is 1. The van der Waals surface area contributed by atoms with Crippen molar-refractivity contribution < 1.29 is 24.5 Å². The second kappa shape index (κ2) is 11.4. The molecule has 3 rings (SSSR count). The van der Waals surface area contributed by atoms with Gasteiger partial charge in [-0.2, -0.15) is 0 Å². The van der Waals surface area contributed by atoms with Crippen LogP contribution in [0.2, 0.25) is 0 Å². The molecule has 1 radical (unpaired) electrons. The molecule has 32 heavy (non-hydrogen) atoms. The van der Waals surface area contributed by atoms with Gasteiger partial charge in [0.05, 0.1) is 25.4 Å². The van der Waals surface area contributed by atoms with Crippen molar-refractivity contribution in [3.8, 4) is 0 Å². The SMILES string of the molecule is CC(=O)O[C@@H]1[CH][C@@]2(O)[C@H](C)CC[C@@H](C(C)CN3CCN(CCOCCO)CC3)[C@H]2C=C1C. The summed E-state index contributed by atoms with van der Waals surface area (Å²) in [6.07, 6.45) is 5.76. The maximum Gasteiger partial charge on any atom is 0.303 e. The summed E-state index contributed by atoms with van der Waals surface area (Å²) in [6, 6.07) is 0. The minimum Gasteiger partial charge on any atom is -0.458 e. The first-order chi connectivity index (χ1) is 15.2. The zero-order valence-corrected chi connectivity index (χ0v) is 20.3. The van der Waals surface area contributed by atoms with Crippen molar-refractivity contribution in [3.05, 3.63) is 18.1 Å². The number of fused-ring (bicyclic) bond motifs is 1. The fourth-order valence-electron chi connectivity index (χ4n) is 5.85. The Morgan fingerprint density at radius 3 is 2.56 bits per heavy atom. The van der Waals surface area contributed by atoms with E-state index in [2.05, 4.69) is 29.7 Å². The lowest BCUT2D eigenvalue weighted by molar-refractivity contribution is -0.148. The van der Waals surface area contributed by atoms with Crippen molar-refractivity contribution in [2.75, 3.05) is 59.1 Å². The summed E-state index contributed by atoms with van der Waals surface area (Å²) in [6.45, 7) is 15.2. The van der Waals surface area contributed by atoms with E-state index in [1.165, 1.54) is 6.92 Å². The van der Waals surface area contributed by atoms with E-state index in [1.54, 1.807) is 0 Å². The molecule has 1 aliphatic heterocycles. The molecule has 0 aromatic heterocycles. The predicted octanol–water partition coefficient (Wildman–Crippen LogP) is 1.74. The van der Waals surface area contributed by atoms with Crippen LogP contribution < -0.4 is 0 Å². The van der Waals surface area contributed by atoms with Crippen LogP contribution in [0, 0.1) is 30.1 Å². The summed E-state index contributed by atoms with van der Waals surface area (Å²) in [4.78, 5) is 16.5. The summed E-state index contributed by atoms with van der Waals surface area (Å²) >= 11 is 0. The Balaban J connectivity index is 1.57. The summed E-state index contributed by atoms with van der Waals surface area (Å²) in [5.74, 6) is 0.785. The van der Waals surface area contributed by atoms with E-state index >= 15 is 0 Å². The van der Waals surface area contributed by atoms with Crippen molar-refractivity contribution in [2.24, 2.45) is 23.7 Å². The Hall–Kier alpha value is -0.990. The van der Waals surface area contributed by atoms with E-state index in [9.17, 15) is 9.90 Å². The third kappa shape index (κ3) is 6.11. The van der Waals surface area contributed by atoms with Gasteiger partial charge in [-0.3, -0.25) is 9.69 Å². The van der Waals surface area contributed by atoms with Gasteiger partial charge in [0, 0.05) is 58.5 Å². The van der Waals surface area contributed by atoms with Gasteiger partial charge in [-0.25, -0.2) is 0 Å². The highest BCUT2D eigenvalue weighted by Gasteiger charge is 2.53. The number of nitrogens with zero attached hydrogens (tertiary/aromatic N) is 2. The van der Waals surface area contributed by atoms with Crippen LogP contribution in [-0.2, 0) is 14.3 Å². The summed E-state index contributed by atoms with van der Waals surface area (Å²) < 4.78 is 10.9. The molecule has 1 saturated heterocycles. The lowest BCUT2D eigenvalue weighted by Crippen LogP contribution is -2.57. The molecule has 0 bridgehead atoms. The van der Waals surface area contributed by atoms with E-state index in [1.807, 2.05) is 13.3 Å². The van der Waals surface area contributed by atoms with E-state index in [0.29, 0.717) is 25.0 Å². The van der Waals surface area contributed by atoms with Gasteiger partial charge in [0.25, 0.3) is 0 Å². The molecule has 3 aliphatic rings. The molecule has 1 saturated carbocycles. The van der Waals surface area contributed by atoms with Gasteiger partial charge in [-0.1, -0.05) is 19.9 Å². The normalized spacial score (nSPS) is 35.1. The quantitative estimate of drug-likeness (QED) is 0.314. The zero-order valence-electron chi connectivity index (χ0n) is 20.3. The van der Waals surface area contributed by atoms with Crippen LogP contribution in [-0.4, -0.2) is 96.8 Å². The van der Waals surface area contributed by atoms with E-state index < -0.39 is 11.7 Å². The van der Waals surface area contributed by atoms with E-state index in [4.69, 9.17) is 14.6 Å². The minimum absolute atomic E-state index is 0.0676. The third-order valence-corrected chi connectivity index (χ3v) is 7.85. The molecule has 7 nitrogen and oxygen atoms in total. The van der Waals surface area contributed by atoms with Gasteiger partial charge in [-0.05, 0) is 43.1 Å². The number of ether oxygens (including phenoxy) is 2. The number of hydrogen-bond acceptors (Lipinski definition) is 7. The molecule has 2 N–H and O–H groups in total. The molecule has 0 spiro atoms. The lowest BCUT2D eigenvalue weighted by Gasteiger charge is -2.53. The molecule has 0 aromatic rings. The van der Waals surface area contributed by atoms with Crippen LogP contribution in [0.4, 0.5) is 0 Å². The molecule has 0 amide bonds. The van der Waals surface area contributed by atoms with Crippen molar-refractivity contribution in [2.45, 2.75) is 52.2 Å². The lowest BCUT2D eigenvalue weighted by atomic mass is 9.57. The molecular weight excluding hydrogens is 408 g/mol. The third-order valence-electron chi connectivity index (χ3n) is 7.85. The fraction of sp³-hybridized carbons (Fsp3) is 0.840. The number of aliphatic hydroxyl groups is 2. The first-order valence-electron chi connectivity index (χ1n) is 12.3. The Labute approximate surface area is 193 Å². The van der Waals surface area contributed by atoms with Crippen molar-refractivity contribution in [1.29, 1.82) is 0 Å². The number of rotatable bonds is 9. The van der Waals surface area contributed by atoms with E-state index in [0.717, 1.165) is 57.7 Å². The first-order valence-corrected chi connectivity index (χ1v) is 12.3. The van der Waals surface area contributed by atoms with Gasteiger partial charge in [-0.15, -0.1) is 0 Å². The summed E-state index contributed by atoms with van der Waals surface area (Å²) in [5, 5.41) is 20.5. The topological polar surface area (TPSA) is 82.5 Å². The number of carbonyl (C=O) groups excluding carboxylic acids is 1. The highest BCUT2D eigenvalue weighted by Crippen LogP contribution is 2.50. The Bertz CT molecular complexity index is 648. The van der Waals surface area contributed by atoms with Gasteiger partial charge >= 0.3 is 5.97 Å². The molecule has 1 unspecified atom stereocenters. The molecule has 1 heterocycles. The van der Waals surface area contributed by atoms with Gasteiger partial charge in [0.1, 0.15) is 6.10 Å². The summed E-state index contributed by atoms with van der Waals surface area (Å²) in [5.41, 5.74) is 0.0996. The first kappa shape index (κ1) is 25.6. The fourth-order valence-corrected chi connectivity index (χ4v) is 5.85. The highest BCUT2D eigenvalue weighted by molar-refractivity contribution is 5.66. The monoisotopic (exact) mass is 451 g/mol. The Morgan fingerprint density at radius 1 is 1.22 bits per heavy atom. The molecule has 0 aromatic carbocycles. The molecule has 2 fully saturated rings. The number of esters is 1. The maximum absolute atomic E-state index is 11.7. The van der Waals surface area contributed by atoms with Gasteiger partial charge < -0.3 is 24.6 Å². The highest BCUT2D eigenvalue weighted by atomic mass is 16.5. The molecule has 6 atom stereocenters. The van der Waals surface area contributed by atoms with Gasteiger partial charge in [0.15, 0.2) is 0 Å². The average molecular weight is 452 g/mol. The molecule has 7 heteroatoms. The second-order valence-electron chi connectivity index (χ2n) is 10.1. The van der Waals surface area contributed by atoms with Crippen LogP contribution in [0.3, 0.4) is 0 Å². The second-order valence-corrected chi connectivity index (χ2v) is 10.1. The molecule has 183 valence electrons. The molecule has 2 aliphatic carbocycles. The largest absolute Gasteiger partial charge is 0.458 e. The predicted molar refractivity (Wildman–Crippen MR) is 124 cm³/mol. The van der Waals surface area contributed by atoms with Crippen LogP contribution >= 0.6 is 0 Å². The van der Waals surface area contributed by atoms with Crippen molar-refractivity contribution in [3.63, 3.8) is 0 Å². The smallest absolute Gasteiger partial charge is 0.303 e. The van der Waals surface area contributed by atoms with Crippen LogP contribution in [0.5, 0.6) is 0 Å². The number of hydrogen-bond donors (Lipinski definition) is 2. The standard InChI is InChI=1S/C25H43N2O5/c1-18-15-23-22(6-5-20(3)25(23,30)16-24(18)32-21(4)29)19(2)17-27-9-7-26(8-10-27)11-13-31-14-12-28/h15-16,19-20,22-24,28,30H,5-14,17H2,1-4H3/t19?,20-,22+,23-,24-,25-/m1/s1. The van der Waals surface area contributed by atoms with Crippen molar-refractivity contribution >= 4 is 5.97 Å². The Kier molecular flexibility index (Phi) is 9.15. The summed E-state index contributed by atoms with van der Waals surface area (Å²) in [7, 11) is 0. The van der Waals surface area contributed by atoms with E-state index in [-0.39, 0.29) is 24.4 Å². The number of carbonyl (C=O) groups is 1. The maximum atomic E-state index is 11.7. The minimum atomic E-state index is -0.927. The number of aliphatic hydroxyl groups excluding tert-OH is 1. The Morgan fingerprint density at radius 2 is 1.91 bits per heavy atom. The van der Waals surface area contributed by atoms with Gasteiger partial charge in [0.2, 0.25) is 0 Å².